The Hall–Kier alpha value is -2.43. The highest BCUT2D eigenvalue weighted by atomic mass is 32.2. The number of hydrogen-bond donors (Lipinski definition) is 2. The van der Waals surface area contributed by atoms with Crippen molar-refractivity contribution in [1.29, 1.82) is 0 Å². The van der Waals surface area contributed by atoms with Crippen LogP contribution in [0.5, 0.6) is 0 Å². The van der Waals surface area contributed by atoms with Crippen LogP contribution >= 0.6 is 0 Å². The van der Waals surface area contributed by atoms with Crippen LogP contribution in [0.1, 0.15) is 121 Å². The lowest BCUT2D eigenvalue weighted by molar-refractivity contribution is -0.223. The number of allylic oxidation sites excluding steroid dienone is 2. The Labute approximate surface area is 323 Å². The van der Waals surface area contributed by atoms with Gasteiger partial charge < -0.3 is 25.0 Å². The summed E-state index contributed by atoms with van der Waals surface area (Å²) in [6.45, 7) is 17.2. The molecule has 1 amide bonds. The van der Waals surface area contributed by atoms with E-state index in [0.29, 0.717) is 36.4 Å². The Balaban J connectivity index is 1.07. The van der Waals surface area contributed by atoms with Crippen LogP contribution < -0.4 is 5.32 Å². The van der Waals surface area contributed by atoms with Crippen LogP contribution in [-0.2, 0) is 14.6 Å². The van der Waals surface area contributed by atoms with Gasteiger partial charge in [-0.1, -0.05) is 52.8 Å². The van der Waals surface area contributed by atoms with Gasteiger partial charge in [0.2, 0.25) is 0 Å². The summed E-state index contributed by atoms with van der Waals surface area (Å²) in [7, 11) is -2.91. The summed E-state index contributed by atoms with van der Waals surface area (Å²) < 4.78 is 30.8. The Kier molecular flexibility index (Phi) is 9.69. The van der Waals surface area contributed by atoms with E-state index in [1.54, 1.807) is 12.1 Å². The second-order valence-electron chi connectivity index (χ2n) is 19.9. The van der Waals surface area contributed by atoms with Gasteiger partial charge in [-0.2, -0.15) is 0 Å². The molecule has 0 aromatic heterocycles. The summed E-state index contributed by atoms with van der Waals surface area (Å²) in [6.07, 6.45) is 14.3. The van der Waals surface area contributed by atoms with Crippen molar-refractivity contribution in [3.63, 3.8) is 0 Å². The zero-order chi connectivity index (χ0) is 38.3. The lowest BCUT2D eigenvalue weighted by Gasteiger charge is -2.72. The van der Waals surface area contributed by atoms with E-state index in [-0.39, 0.29) is 56.8 Å². The lowest BCUT2D eigenvalue weighted by Crippen LogP contribution is -2.68. The van der Waals surface area contributed by atoms with Gasteiger partial charge in [0.25, 0.3) is 0 Å². The minimum atomic E-state index is -2.91. The van der Waals surface area contributed by atoms with Gasteiger partial charge in [0.05, 0.1) is 17.1 Å². The van der Waals surface area contributed by atoms with Crippen molar-refractivity contribution in [2.75, 3.05) is 50.8 Å². The first-order valence-corrected chi connectivity index (χ1v) is 23.0. The Morgan fingerprint density at radius 1 is 0.852 bits per heavy atom. The van der Waals surface area contributed by atoms with Gasteiger partial charge in [0, 0.05) is 50.7 Å². The smallest absolute Gasteiger partial charge is 0.410 e. The number of likely N-dealkylation sites (tertiary alicyclic amines) is 1. The molecule has 6 fully saturated rings. The fourth-order valence-electron chi connectivity index (χ4n) is 14.4. The quantitative estimate of drug-likeness (QED) is 0.293. The number of fused-ring (bicyclic) bond motifs is 7. The Morgan fingerprint density at radius 2 is 1.56 bits per heavy atom. The molecule has 5 aliphatic carbocycles. The summed E-state index contributed by atoms with van der Waals surface area (Å²) in [5.41, 5.74) is 3.15. The molecule has 0 spiro atoms. The SMILES string of the molecule is CC1(C)C(c2ccc(C(=O)O)cc2)=CC[C@]2(C)[C@H]3CC[C@@H]4[C@H]5[C@H](OC(=O)N6CCCC6)CC[C@]5(NCCN5CCS(=O)(=O)CC5)CC[C@@]4(C)[C@]3(C)CC[C@@H]12. The number of hydrogen-bond acceptors (Lipinski definition) is 7. The van der Waals surface area contributed by atoms with Gasteiger partial charge in [0.1, 0.15) is 6.10 Å². The third kappa shape index (κ3) is 6.09. The largest absolute Gasteiger partial charge is 0.478 e. The van der Waals surface area contributed by atoms with E-state index < -0.39 is 15.8 Å². The molecule has 9 nitrogen and oxygen atoms in total. The summed E-state index contributed by atoms with van der Waals surface area (Å²) in [5, 5.41) is 13.6. The molecule has 8 rings (SSSR count). The molecule has 9 atom stereocenters. The van der Waals surface area contributed by atoms with E-state index >= 15 is 0 Å². The van der Waals surface area contributed by atoms with Crippen LogP contribution in [0.15, 0.2) is 30.3 Å². The van der Waals surface area contributed by atoms with Crippen LogP contribution in [0.3, 0.4) is 0 Å². The van der Waals surface area contributed by atoms with E-state index in [4.69, 9.17) is 4.74 Å². The molecule has 4 saturated carbocycles. The fraction of sp³-hybridized carbons (Fsp3) is 0.773. The first-order valence-electron chi connectivity index (χ1n) is 21.2. The van der Waals surface area contributed by atoms with Gasteiger partial charge >= 0.3 is 12.1 Å². The maximum Gasteiger partial charge on any atom is 0.410 e. The second kappa shape index (κ2) is 13.6. The molecular formula is C44H65N3O6S. The van der Waals surface area contributed by atoms with E-state index in [2.05, 4.69) is 50.9 Å². The van der Waals surface area contributed by atoms with Crippen LogP contribution in [0.25, 0.3) is 5.57 Å². The zero-order valence-electron chi connectivity index (χ0n) is 33.5. The normalized spacial score (nSPS) is 41.2. The Morgan fingerprint density at radius 3 is 2.24 bits per heavy atom. The molecule has 1 aromatic rings. The van der Waals surface area contributed by atoms with Crippen molar-refractivity contribution in [2.24, 2.45) is 45.3 Å². The first-order chi connectivity index (χ1) is 25.5. The average molecular weight is 764 g/mol. The highest BCUT2D eigenvalue weighted by Crippen LogP contribution is 2.76. The highest BCUT2D eigenvalue weighted by Gasteiger charge is 2.71. The first kappa shape index (κ1) is 38.4. The number of nitrogens with zero attached hydrogens (tertiary/aromatic N) is 2. The molecule has 0 bridgehead atoms. The number of amides is 1. The standard InChI is InChI=1S/C44H65N3O6S/c1-40(2)32(30-8-10-31(11-9-30)38(48)49)14-17-41(3)35(40)16-18-43(5)36(41)13-12-33-37-34(53-39(50)47-23-6-7-24-47)15-19-44(37,21-20-42(33,43)4)45-22-25-46-26-28-54(51,52)29-27-46/h8-11,14,33-37,45H,6-7,12-13,15-29H2,1-5H3,(H,48,49)/t33-,34-,35+,36-,37+,41+,42-,43-,44+/m1/s1. The molecule has 2 heterocycles. The third-order valence-electron chi connectivity index (χ3n) is 17.4. The van der Waals surface area contributed by atoms with E-state index in [9.17, 15) is 23.1 Å². The minimum Gasteiger partial charge on any atom is -0.478 e. The third-order valence-corrected chi connectivity index (χ3v) is 19.0. The zero-order valence-corrected chi connectivity index (χ0v) is 34.3. The number of carboxylic acid groups (broad SMARTS) is 1. The van der Waals surface area contributed by atoms with Crippen molar-refractivity contribution < 1.29 is 27.9 Å². The molecule has 2 aliphatic heterocycles. The molecule has 2 saturated heterocycles. The molecular weight excluding hydrogens is 699 g/mol. The van der Waals surface area contributed by atoms with Crippen molar-refractivity contribution in [3.05, 3.63) is 41.5 Å². The Bertz CT molecular complexity index is 1760. The molecule has 1 aromatic carbocycles. The van der Waals surface area contributed by atoms with Crippen LogP contribution in [0.4, 0.5) is 4.79 Å². The van der Waals surface area contributed by atoms with E-state index in [1.165, 1.54) is 31.3 Å². The monoisotopic (exact) mass is 763 g/mol. The van der Waals surface area contributed by atoms with Gasteiger partial charge in [0.15, 0.2) is 9.84 Å². The van der Waals surface area contributed by atoms with Crippen molar-refractivity contribution in [3.8, 4) is 0 Å². The van der Waals surface area contributed by atoms with Crippen LogP contribution in [0, 0.1) is 45.3 Å². The van der Waals surface area contributed by atoms with E-state index in [1.807, 2.05) is 17.0 Å². The number of carboxylic acids is 1. The molecule has 7 aliphatic rings. The molecule has 10 heteroatoms. The fourth-order valence-corrected chi connectivity index (χ4v) is 15.7. The van der Waals surface area contributed by atoms with Crippen LogP contribution in [0.2, 0.25) is 0 Å². The predicted molar refractivity (Wildman–Crippen MR) is 212 cm³/mol. The number of rotatable bonds is 7. The summed E-state index contributed by atoms with van der Waals surface area (Å²) in [4.78, 5) is 29.4. The number of carbonyl (C=O) groups is 2. The lowest BCUT2D eigenvalue weighted by atomic mass is 9.33. The molecule has 0 radical (unpaired) electrons. The number of sulfone groups is 1. The maximum absolute atomic E-state index is 13.6. The van der Waals surface area contributed by atoms with Crippen LogP contribution in [-0.4, -0.2) is 97.8 Å². The number of ether oxygens (including phenoxy) is 1. The van der Waals surface area contributed by atoms with Gasteiger partial charge in [-0.15, -0.1) is 0 Å². The number of carbonyl (C=O) groups excluding carboxylic acids is 1. The summed E-state index contributed by atoms with van der Waals surface area (Å²) in [5.74, 6) is 1.44. The van der Waals surface area contributed by atoms with Gasteiger partial charge in [-0.3, -0.25) is 0 Å². The highest BCUT2D eigenvalue weighted by molar-refractivity contribution is 7.91. The van der Waals surface area contributed by atoms with Crippen molar-refractivity contribution in [2.45, 2.75) is 117 Å². The second-order valence-corrected chi connectivity index (χ2v) is 22.2. The van der Waals surface area contributed by atoms with E-state index in [0.717, 1.165) is 76.7 Å². The van der Waals surface area contributed by atoms with Crippen molar-refractivity contribution >= 4 is 27.5 Å². The average Bonchev–Trinajstić information content (AvgIpc) is 3.79. The summed E-state index contributed by atoms with van der Waals surface area (Å²) >= 11 is 0. The number of benzene rings is 1. The molecule has 2 N–H and O–H groups in total. The molecule has 0 unspecified atom stereocenters. The molecule has 298 valence electrons. The summed E-state index contributed by atoms with van der Waals surface area (Å²) in [6, 6.07) is 7.51. The maximum atomic E-state index is 13.6. The molecule has 54 heavy (non-hydrogen) atoms. The minimum absolute atomic E-state index is 0.0404. The van der Waals surface area contributed by atoms with Gasteiger partial charge in [-0.05, 0) is 133 Å². The number of aromatic carboxylic acids is 1. The van der Waals surface area contributed by atoms with Gasteiger partial charge in [-0.25, -0.2) is 18.0 Å². The topological polar surface area (TPSA) is 116 Å². The number of nitrogens with one attached hydrogen (secondary N) is 1. The predicted octanol–water partition coefficient (Wildman–Crippen LogP) is 7.52. The van der Waals surface area contributed by atoms with Crippen molar-refractivity contribution in [1.82, 2.24) is 15.1 Å².